The van der Waals surface area contributed by atoms with Gasteiger partial charge in [-0.15, -0.1) is 0 Å². The molecule has 0 spiro atoms. The van der Waals surface area contributed by atoms with E-state index in [1.54, 1.807) is 37.4 Å². The second kappa shape index (κ2) is 7.82. The van der Waals surface area contributed by atoms with Crippen molar-refractivity contribution in [1.29, 1.82) is 0 Å². The Hall–Kier alpha value is -2.56. The van der Waals surface area contributed by atoms with E-state index in [9.17, 15) is 4.39 Å². The maximum Gasteiger partial charge on any atom is 0.124 e. The normalized spacial score (nSPS) is 16.2. The Morgan fingerprint density at radius 1 is 1.04 bits per heavy atom. The molecule has 1 aliphatic heterocycles. The van der Waals surface area contributed by atoms with Crippen LogP contribution in [0.3, 0.4) is 0 Å². The van der Waals surface area contributed by atoms with Crippen LogP contribution in [0.15, 0.2) is 71.8 Å². The Bertz CT molecular complexity index is 1040. The number of nitrogens with zero attached hydrogens (tertiary/aromatic N) is 2. The standard InChI is InChI=1S/C22H17Cl2FN2O/c1-28-22-5-3-2-4-17(22)20-13-19(14-6-9-16(25)10-7-14)26-27(20)21-12-15(23)8-11-18(21)24/h2-12,20H,13H2,1H3/t20-/m1/s1. The average Bonchev–Trinajstić information content (AvgIpc) is 3.15. The van der Waals surface area contributed by atoms with Crippen molar-refractivity contribution in [2.24, 2.45) is 5.10 Å². The quantitative estimate of drug-likeness (QED) is 0.486. The second-order valence-electron chi connectivity index (χ2n) is 6.46. The first-order valence-electron chi connectivity index (χ1n) is 8.77. The van der Waals surface area contributed by atoms with Crippen molar-refractivity contribution < 1.29 is 9.13 Å². The molecule has 0 saturated heterocycles. The molecular weight excluding hydrogens is 398 g/mol. The predicted molar refractivity (Wildman–Crippen MR) is 112 cm³/mol. The molecule has 0 aliphatic carbocycles. The van der Waals surface area contributed by atoms with Crippen LogP contribution < -0.4 is 9.75 Å². The van der Waals surface area contributed by atoms with Crippen LogP contribution in [0, 0.1) is 5.82 Å². The summed E-state index contributed by atoms with van der Waals surface area (Å²) in [6.45, 7) is 0. The van der Waals surface area contributed by atoms with Crippen LogP contribution in [0.4, 0.5) is 10.1 Å². The summed E-state index contributed by atoms with van der Waals surface area (Å²) in [6.07, 6.45) is 0.620. The first-order valence-corrected chi connectivity index (χ1v) is 9.53. The van der Waals surface area contributed by atoms with Crippen LogP contribution in [-0.4, -0.2) is 12.8 Å². The number of anilines is 1. The minimum absolute atomic E-state index is 0.132. The highest BCUT2D eigenvalue weighted by Gasteiger charge is 2.33. The Morgan fingerprint density at radius 2 is 1.79 bits per heavy atom. The number of methoxy groups -OCH3 is 1. The van der Waals surface area contributed by atoms with E-state index >= 15 is 0 Å². The van der Waals surface area contributed by atoms with Gasteiger partial charge in [-0.1, -0.05) is 53.5 Å². The zero-order chi connectivity index (χ0) is 19.7. The monoisotopic (exact) mass is 414 g/mol. The third kappa shape index (κ3) is 3.58. The van der Waals surface area contributed by atoms with Gasteiger partial charge in [-0.25, -0.2) is 4.39 Å². The van der Waals surface area contributed by atoms with Crippen LogP contribution in [0.25, 0.3) is 0 Å². The minimum Gasteiger partial charge on any atom is -0.496 e. The number of benzene rings is 3. The largest absolute Gasteiger partial charge is 0.496 e. The van der Waals surface area contributed by atoms with Crippen molar-refractivity contribution in [3.05, 3.63) is 93.7 Å². The van der Waals surface area contributed by atoms with E-state index in [-0.39, 0.29) is 11.9 Å². The molecule has 0 unspecified atom stereocenters. The van der Waals surface area contributed by atoms with Gasteiger partial charge in [0, 0.05) is 17.0 Å². The second-order valence-corrected chi connectivity index (χ2v) is 7.30. The Kier molecular flexibility index (Phi) is 5.25. The van der Waals surface area contributed by atoms with Crippen LogP contribution >= 0.6 is 23.2 Å². The zero-order valence-electron chi connectivity index (χ0n) is 15.1. The lowest BCUT2D eigenvalue weighted by Crippen LogP contribution is -2.19. The number of hydrogen-bond donors (Lipinski definition) is 0. The lowest BCUT2D eigenvalue weighted by atomic mass is 9.97. The lowest BCUT2D eigenvalue weighted by molar-refractivity contribution is 0.405. The fourth-order valence-corrected chi connectivity index (χ4v) is 3.77. The van der Waals surface area contributed by atoms with Crippen molar-refractivity contribution >= 4 is 34.6 Å². The Labute approximate surface area is 173 Å². The molecule has 1 aliphatic rings. The molecular formula is C22H17Cl2FN2O. The summed E-state index contributed by atoms with van der Waals surface area (Å²) in [5.41, 5.74) is 3.40. The maximum absolute atomic E-state index is 13.4. The fourth-order valence-electron chi connectivity index (χ4n) is 3.39. The number of rotatable bonds is 4. The smallest absolute Gasteiger partial charge is 0.124 e. The van der Waals surface area contributed by atoms with Crippen molar-refractivity contribution in [1.82, 2.24) is 0 Å². The highest BCUT2D eigenvalue weighted by Crippen LogP contribution is 2.43. The lowest BCUT2D eigenvalue weighted by Gasteiger charge is -2.26. The number of halogens is 3. The summed E-state index contributed by atoms with van der Waals surface area (Å²) in [5, 5.41) is 7.81. The number of para-hydroxylation sites is 1. The molecule has 3 aromatic carbocycles. The summed E-state index contributed by atoms with van der Waals surface area (Å²) in [7, 11) is 1.65. The van der Waals surface area contributed by atoms with E-state index in [2.05, 4.69) is 0 Å². The molecule has 0 bridgehead atoms. The molecule has 0 fully saturated rings. The average molecular weight is 415 g/mol. The topological polar surface area (TPSA) is 24.8 Å². The van der Waals surface area contributed by atoms with Crippen molar-refractivity contribution in [3.8, 4) is 5.75 Å². The molecule has 6 heteroatoms. The number of hydrazone groups is 1. The number of hydrogen-bond acceptors (Lipinski definition) is 3. The van der Waals surface area contributed by atoms with E-state index in [4.69, 9.17) is 33.0 Å². The van der Waals surface area contributed by atoms with Gasteiger partial charge in [0.05, 0.1) is 29.6 Å². The highest BCUT2D eigenvalue weighted by molar-refractivity contribution is 6.35. The summed E-state index contributed by atoms with van der Waals surface area (Å²) in [5.74, 6) is 0.490. The maximum atomic E-state index is 13.4. The highest BCUT2D eigenvalue weighted by atomic mass is 35.5. The molecule has 28 heavy (non-hydrogen) atoms. The van der Waals surface area contributed by atoms with Gasteiger partial charge in [0.1, 0.15) is 11.6 Å². The van der Waals surface area contributed by atoms with E-state index in [0.717, 1.165) is 22.6 Å². The van der Waals surface area contributed by atoms with E-state index in [0.29, 0.717) is 22.2 Å². The summed E-state index contributed by atoms with van der Waals surface area (Å²) in [6, 6.07) is 19.3. The van der Waals surface area contributed by atoms with Crippen molar-refractivity contribution in [2.45, 2.75) is 12.5 Å². The van der Waals surface area contributed by atoms with Gasteiger partial charge in [0.15, 0.2) is 0 Å². The van der Waals surface area contributed by atoms with Crippen LogP contribution in [0.2, 0.25) is 10.0 Å². The molecule has 1 heterocycles. The predicted octanol–water partition coefficient (Wildman–Crippen LogP) is 6.50. The summed E-state index contributed by atoms with van der Waals surface area (Å²) < 4.78 is 18.9. The first-order chi connectivity index (χ1) is 13.6. The molecule has 142 valence electrons. The van der Waals surface area contributed by atoms with Gasteiger partial charge in [-0.05, 0) is 42.0 Å². The van der Waals surface area contributed by atoms with Gasteiger partial charge in [-0.2, -0.15) is 5.10 Å². The molecule has 1 atom stereocenters. The van der Waals surface area contributed by atoms with Crippen molar-refractivity contribution in [2.75, 3.05) is 12.1 Å². The number of ether oxygens (including phenoxy) is 1. The van der Waals surface area contributed by atoms with E-state index in [1.807, 2.05) is 29.3 Å². The van der Waals surface area contributed by atoms with Gasteiger partial charge in [0.25, 0.3) is 0 Å². The van der Waals surface area contributed by atoms with Crippen LogP contribution in [0.1, 0.15) is 23.6 Å². The van der Waals surface area contributed by atoms with Gasteiger partial charge >= 0.3 is 0 Å². The van der Waals surface area contributed by atoms with Gasteiger partial charge in [0.2, 0.25) is 0 Å². The SMILES string of the molecule is COc1ccccc1[C@H]1CC(c2ccc(F)cc2)=NN1c1cc(Cl)ccc1Cl. The van der Waals surface area contributed by atoms with Crippen molar-refractivity contribution in [3.63, 3.8) is 0 Å². The van der Waals surface area contributed by atoms with E-state index < -0.39 is 0 Å². The minimum atomic E-state index is -0.279. The van der Waals surface area contributed by atoms with E-state index in [1.165, 1.54) is 12.1 Å². The third-order valence-corrected chi connectivity index (χ3v) is 5.30. The third-order valence-electron chi connectivity index (χ3n) is 4.74. The Morgan fingerprint density at radius 3 is 2.54 bits per heavy atom. The first kappa shape index (κ1) is 18.8. The van der Waals surface area contributed by atoms with Crippen LogP contribution in [0.5, 0.6) is 5.75 Å². The van der Waals surface area contributed by atoms with Crippen LogP contribution in [-0.2, 0) is 0 Å². The molecule has 3 nitrogen and oxygen atoms in total. The fraction of sp³-hybridized carbons (Fsp3) is 0.136. The molecule has 0 N–H and O–H groups in total. The van der Waals surface area contributed by atoms with Gasteiger partial charge < -0.3 is 4.74 Å². The molecule has 0 saturated carbocycles. The Balaban J connectivity index is 1.83. The summed E-state index contributed by atoms with van der Waals surface area (Å²) >= 11 is 12.7. The molecule has 0 aromatic heterocycles. The molecule has 0 radical (unpaired) electrons. The molecule has 3 aromatic rings. The van der Waals surface area contributed by atoms with Gasteiger partial charge in [-0.3, -0.25) is 5.01 Å². The molecule has 4 rings (SSSR count). The molecule has 0 amide bonds. The summed E-state index contributed by atoms with van der Waals surface area (Å²) in [4.78, 5) is 0. The zero-order valence-corrected chi connectivity index (χ0v) is 16.6.